The van der Waals surface area contributed by atoms with Crippen molar-refractivity contribution in [3.63, 3.8) is 0 Å². The summed E-state index contributed by atoms with van der Waals surface area (Å²) in [7, 11) is 0. The highest BCUT2D eigenvalue weighted by Crippen LogP contribution is 2.28. The molecule has 1 N–H and O–H groups in total. The number of hydroxylamine groups is 3. The van der Waals surface area contributed by atoms with Crippen LogP contribution in [0.1, 0.15) is 26.3 Å². The van der Waals surface area contributed by atoms with Gasteiger partial charge in [-0.15, -0.1) is 5.06 Å². The van der Waals surface area contributed by atoms with E-state index >= 15 is 0 Å². The minimum absolute atomic E-state index is 0.350. The molecular formula is C12H15FN2O2. The van der Waals surface area contributed by atoms with Gasteiger partial charge < -0.3 is 10.4 Å². The van der Waals surface area contributed by atoms with Gasteiger partial charge in [0.1, 0.15) is 11.4 Å². The summed E-state index contributed by atoms with van der Waals surface area (Å²) in [6, 6.07) is 5.69. The maximum absolute atomic E-state index is 12.9. The van der Waals surface area contributed by atoms with E-state index in [1.807, 2.05) is 0 Å². The Morgan fingerprint density at radius 1 is 1.35 bits per heavy atom. The van der Waals surface area contributed by atoms with E-state index in [1.54, 1.807) is 32.9 Å². The van der Waals surface area contributed by atoms with Crippen molar-refractivity contribution in [1.29, 1.82) is 0 Å². The van der Waals surface area contributed by atoms with Crippen LogP contribution in [0.3, 0.4) is 0 Å². The lowest BCUT2D eigenvalue weighted by atomic mass is 9.93. The zero-order chi connectivity index (χ0) is 12.8. The van der Waals surface area contributed by atoms with Gasteiger partial charge in [0, 0.05) is 12.5 Å². The van der Waals surface area contributed by atoms with Crippen LogP contribution in [0.15, 0.2) is 24.3 Å². The fraction of sp³-hybridized carbons (Fsp3) is 0.417. The zero-order valence-electron chi connectivity index (χ0n) is 10.0. The molecule has 0 saturated heterocycles. The molecule has 0 radical (unpaired) electrons. The van der Waals surface area contributed by atoms with Gasteiger partial charge in [-0.25, -0.2) is 4.39 Å². The van der Waals surface area contributed by atoms with Crippen molar-refractivity contribution in [2.45, 2.75) is 32.5 Å². The Morgan fingerprint density at radius 2 is 1.88 bits per heavy atom. The summed E-state index contributed by atoms with van der Waals surface area (Å²) < 4.78 is 13.6. The molecule has 1 aromatic rings. The Morgan fingerprint density at radius 3 is 2.29 bits per heavy atom. The molecule has 1 atom stereocenters. The summed E-state index contributed by atoms with van der Waals surface area (Å²) in [6.07, 6.45) is -0.648. The monoisotopic (exact) mass is 238 g/mol. The predicted molar refractivity (Wildman–Crippen MR) is 61.3 cm³/mol. The van der Waals surface area contributed by atoms with Crippen LogP contribution in [0.4, 0.5) is 4.39 Å². The van der Waals surface area contributed by atoms with Crippen molar-refractivity contribution in [3.05, 3.63) is 40.9 Å². The fourth-order valence-corrected chi connectivity index (χ4v) is 2.22. The summed E-state index contributed by atoms with van der Waals surface area (Å²) >= 11 is 0. The van der Waals surface area contributed by atoms with Gasteiger partial charge in [0.2, 0.25) is 11.9 Å². The van der Waals surface area contributed by atoms with Crippen LogP contribution in [0.25, 0.3) is 0 Å². The van der Waals surface area contributed by atoms with E-state index < -0.39 is 11.7 Å². The number of rotatable bonds is 1. The quantitative estimate of drug-likeness (QED) is 0.601. The first-order chi connectivity index (χ1) is 7.85. The van der Waals surface area contributed by atoms with Crippen LogP contribution in [-0.2, 0) is 0 Å². The van der Waals surface area contributed by atoms with Crippen molar-refractivity contribution in [1.82, 2.24) is 5.06 Å². The molecule has 92 valence electrons. The summed E-state index contributed by atoms with van der Waals surface area (Å²) in [4.78, 5) is 0. The highest BCUT2D eigenvalue weighted by molar-refractivity contribution is 6.04. The van der Waals surface area contributed by atoms with E-state index in [1.165, 1.54) is 12.1 Å². The maximum atomic E-state index is 12.9. The van der Waals surface area contributed by atoms with E-state index in [9.17, 15) is 14.8 Å². The molecule has 5 heteroatoms. The van der Waals surface area contributed by atoms with Crippen LogP contribution >= 0.6 is 0 Å². The van der Waals surface area contributed by atoms with Crippen molar-refractivity contribution in [2.75, 3.05) is 0 Å². The zero-order valence-corrected chi connectivity index (χ0v) is 10.0. The fourth-order valence-electron chi connectivity index (χ4n) is 2.22. The Balaban J connectivity index is 2.53. The number of hydrogen-bond acceptors (Lipinski definition) is 3. The Labute approximate surface area is 99.1 Å². The molecule has 0 amide bonds. The van der Waals surface area contributed by atoms with E-state index in [0.717, 1.165) is 9.80 Å². The molecule has 1 aliphatic rings. The lowest BCUT2D eigenvalue weighted by Crippen LogP contribution is -2.45. The maximum Gasteiger partial charge on any atom is 0.238 e. The molecular weight excluding hydrogens is 223 g/mol. The van der Waals surface area contributed by atoms with Crippen LogP contribution in [0, 0.1) is 11.0 Å². The normalized spacial score (nSPS) is 24.4. The van der Waals surface area contributed by atoms with E-state index in [4.69, 9.17) is 0 Å². The van der Waals surface area contributed by atoms with Gasteiger partial charge in [-0.3, -0.25) is 0 Å². The third-order valence-corrected chi connectivity index (χ3v) is 3.18. The second kappa shape index (κ2) is 3.78. The molecule has 2 rings (SSSR count). The van der Waals surface area contributed by atoms with Crippen molar-refractivity contribution >= 4 is 5.71 Å². The molecule has 1 aliphatic heterocycles. The van der Waals surface area contributed by atoms with Gasteiger partial charge >= 0.3 is 0 Å². The first-order valence-corrected chi connectivity index (χ1v) is 5.43. The van der Waals surface area contributed by atoms with Gasteiger partial charge in [-0.2, -0.15) is 4.74 Å². The van der Waals surface area contributed by atoms with Crippen molar-refractivity contribution in [3.8, 4) is 0 Å². The smallest absolute Gasteiger partial charge is 0.238 e. The SMILES string of the molecule is C[C@@H]1N(O)C(C)(C)C(c2ccc(F)cc2)=[N+]1[O-]. The molecule has 0 spiro atoms. The minimum Gasteiger partial charge on any atom is -0.622 e. The lowest BCUT2D eigenvalue weighted by molar-refractivity contribution is -0.531. The van der Waals surface area contributed by atoms with E-state index in [-0.39, 0.29) is 5.82 Å². The van der Waals surface area contributed by atoms with Crippen LogP contribution in [0.5, 0.6) is 0 Å². The number of benzene rings is 1. The molecule has 4 nitrogen and oxygen atoms in total. The highest BCUT2D eigenvalue weighted by atomic mass is 19.1. The van der Waals surface area contributed by atoms with Gasteiger partial charge in [0.15, 0.2) is 0 Å². The standard InChI is InChI=1S/C12H15FN2O2/c1-8-14(16)11(12(2,3)15(8)17)9-4-6-10(13)7-5-9/h4-8,17H,1-3H3/t8-/m0/s1. The molecule has 0 aliphatic carbocycles. The van der Waals surface area contributed by atoms with Crippen LogP contribution in [0.2, 0.25) is 0 Å². The summed E-state index contributed by atoms with van der Waals surface area (Å²) in [5, 5.41) is 22.9. The molecule has 0 bridgehead atoms. The second-order valence-electron chi connectivity index (χ2n) is 4.72. The van der Waals surface area contributed by atoms with Gasteiger partial charge in [-0.1, -0.05) is 0 Å². The van der Waals surface area contributed by atoms with Crippen LogP contribution < -0.4 is 0 Å². The number of nitrogens with zero attached hydrogens (tertiary/aromatic N) is 2. The van der Waals surface area contributed by atoms with Gasteiger partial charge in [0.25, 0.3) is 0 Å². The lowest BCUT2D eigenvalue weighted by Gasteiger charge is -2.23. The summed E-state index contributed by atoms with van der Waals surface area (Å²) in [6.45, 7) is 5.12. The number of halogens is 1. The van der Waals surface area contributed by atoms with Crippen LogP contribution in [-0.4, -0.2) is 32.4 Å². The Hall–Kier alpha value is -1.46. The first kappa shape index (κ1) is 12.0. The molecule has 1 heterocycles. The summed E-state index contributed by atoms with van der Waals surface area (Å²) in [5.74, 6) is -0.350. The summed E-state index contributed by atoms with van der Waals surface area (Å²) in [5.41, 5.74) is 0.265. The Kier molecular flexibility index (Phi) is 2.67. The van der Waals surface area contributed by atoms with E-state index in [2.05, 4.69) is 0 Å². The largest absolute Gasteiger partial charge is 0.622 e. The molecule has 0 fully saturated rings. The second-order valence-corrected chi connectivity index (χ2v) is 4.72. The van der Waals surface area contributed by atoms with Gasteiger partial charge in [-0.05, 0) is 38.1 Å². The highest BCUT2D eigenvalue weighted by Gasteiger charge is 2.50. The molecule has 0 unspecified atom stereocenters. The average Bonchev–Trinajstić information content (AvgIpc) is 2.42. The Bertz CT molecular complexity index is 468. The van der Waals surface area contributed by atoms with Gasteiger partial charge in [0.05, 0.1) is 0 Å². The topological polar surface area (TPSA) is 49.5 Å². The predicted octanol–water partition coefficient (Wildman–Crippen LogP) is 1.95. The third kappa shape index (κ3) is 1.71. The van der Waals surface area contributed by atoms with Crippen molar-refractivity contribution in [2.24, 2.45) is 0 Å². The molecule has 0 aromatic heterocycles. The third-order valence-electron chi connectivity index (χ3n) is 3.18. The molecule has 17 heavy (non-hydrogen) atoms. The van der Waals surface area contributed by atoms with E-state index in [0.29, 0.717) is 11.3 Å². The average molecular weight is 238 g/mol. The molecule has 0 saturated carbocycles. The molecule has 1 aromatic carbocycles. The number of hydrogen-bond donors (Lipinski definition) is 1. The van der Waals surface area contributed by atoms with Crippen molar-refractivity contribution < 1.29 is 14.3 Å². The first-order valence-electron chi connectivity index (χ1n) is 5.43. The minimum atomic E-state index is -0.793.